The third-order valence-electron chi connectivity index (χ3n) is 5.15. The highest BCUT2D eigenvalue weighted by atomic mass is 35.5. The van der Waals surface area contributed by atoms with Gasteiger partial charge in [0.15, 0.2) is 0 Å². The summed E-state index contributed by atoms with van der Waals surface area (Å²) < 4.78 is 5.36. The summed E-state index contributed by atoms with van der Waals surface area (Å²) in [5.74, 6) is 2.14. The van der Waals surface area contributed by atoms with E-state index in [1.807, 2.05) is 0 Å². The molecule has 0 saturated heterocycles. The lowest BCUT2D eigenvalue weighted by atomic mass is 9.79. The molecule has 5 heteroatoms. The molecule has 140 valence electrons. The van der Waals surface area contributed by atoms with Gasteiger partial charge in [0.05, 0.1) is 0 Å². The lowest BCUT2D eigenvalue weighted by Gasteiger charge is -2.29. The Bertz CT molecular complexity index is 513. The number of halogens is 1. The predicted octanol–water partition coefficient (Wildman–Crippen LogP) is 4.97. The summed E-state index contributed by atoms with van der Waals surface area (Å²) in [7, 11) is 1.81. The Morgan fingerprint density at radius 2 is 1.76 bits per heavy atom. The second kappa shape index (κ2) is 10.7. The first-order valence-corrected chi connectivity index (χ1v) is 9.85. The van der Waals surface area contributed by atoms with Crippen LogP contribution in [-0.4, -0.2) is 37.7 Å². The average Bonchev–Trinajstić information content (AvgIpc) is 2.63. The van der Waals surface area contributed by atoms with Crippen molar-refractivity contribution in [3.63, 3.8) is 0 Å². The summed E-state index contributed by atoms with van der Waals surface area (Å²) >= 11 is 5.84. The molecule has 1 amide bonds. The molecule has 4 nitrogen and oxygen atoms in total. The predicted molar refractivity (Wildman–Crippen MR) is 103 cm³/mol. The van der Waals surface area contributed by atoms with E-state index in [2.05, 4.69) is 12.2 Å². The van der Waals surface area contributed by atoms with E-state index >= 15 is 0 Å². The molecule has 1 aromatic rings. The van der Waals surface area contributed by atoms with Crippen LogP contribution in [0.3, 0.4) is 0 Å². The second-order valence-electron chi connectivity index (χ2n) is 7.06. The van der Waals surface area contributed by atoms with Gasteiger partial charge >= 0.3 is 6.09 Å². The van der Waals surface area contributed by atoms with Crippen LogP contribution < -0.4 is 10.1 Å². The van der Waals surface area contributed by atoms with Crippen LogP contribution in [-0.2, 0) is 0 Å². The van der Waals surface area contributed by atoms with Gasteiger partial charge < -0.3 is 15.0 Å². The Labute approximate surface area is 156 Å². The fourth-order valence-corrected chi connectivity index (χ4v) is 3.57. The molecule has 1 saturated carbocycles. The van der Waals surface area contributed by atoms with E-state index in [4.69, 9.17) is 16.3 Å². The highest BCUT2D eigenvalue weighted by Gasteiger charge is 2.22. The number of carbonyl (C=O) groups is 1. The number of rotatable bonds is 8. The van der Waals surface area contributed by atoms with Gasteiger partial charge in [-0.05, 0) is 62.0 Å². The Balaban J connectivity index is 1.64. The first-order valence-electron chi connectivity index (χ1n) is 9.47. The zero-order chi connectivity index (χ0) is 18.1. The van der Waals surface area contributed by atoms with Gasteiger partial charge in [-0.3, -0.25) is 0 Å². The first-order chi connectivity index (χ1) is 12.1. The fourth-order valence-electron chi connectivity index (χ4n) is 3.44. The molecule has 0 spiro atoms. The number of ether oxygens (including phenoxy) is 1. The van der Waals surface area contributed by atoms with E-state index in [-0.39, 0.29) is 6.09 Å². The van der Waals surface area contributed by atoms with Crippen molar-refractivity contribution in [2.24, 2.45) is 11.8 Å². The van der Waals surface area contributed by atoms with Gasteiger partial charge in [0.2, 0.25) is 0 Å². The van der Waals surface area contributed by atoms with Crippen LogP contribution in [0.15, 0.2) is 24.3 Å². The molecule has 0 bridgehead atoms. The zero-order valence-electron chi connectivity index (χ0n) is 15.5. The van der Waals surface area contributed by atoms with Crippen molar-refractivity contribution in [1.82, 2.24) is 10.2 Å². The van der Waals surface area contributed by atoms with Crippen LogP contribution >= 0.6 is 11.6 Å². The molecule has 1 aliphatic carbocycles. The summed E-state index contributed by atoms with van der Waals surface area (Å²) in [5, 5.41) is 4.05. The van der Waals surface area contributed by atoms with Crippen molar-refractivity contribution in [2.45, 2.75) is 45.4 Å². The molecule has 1 N–H and O–H groups in total. The summed E-state index contributed by atoms with van der Waals surface area (Å²) in [5.41, 5.74) is 0. The van der Waals surface area contributed by atoms with Crippen LogP contribution in [0.5, 0.6) is 5.75 Å². The molecular weight excluding hydrogens is 336 g/mol. The molecule has 25 heavy (non-hydrogen) atoms. The first kappa shape index (κ1) is 20.1. The second-order valence-corrected chi connectivity index (χ2v) is 7.50. The summed E-state index contributed by atoms with van der Waals surface area (Å²) in [4.78, 5) is 13.8. The standard InChI is InChI=1S/C20H31ClN2O2/c1-3-22-14-12-16-4-6-17(7-5-16)13-15-23(2)20(24)25-19-10-8-18(21)9-11-19/h8-11,16-17,22H,3-7,12-15H2,1-2H3. The zero-order valence-corrected chi connectivity index (χ0v) is 16.2. The maximum Gasteiger partial charge on any atom is 0.414 e. The minimum atomic E-state index is -0.304. The Kier molecular flexibility index (Phi) is 8.56. The van der Waals surface area contributed by atoms with Crippen LogP contribution in [0.4, 0.5) is 4.79 Å². The lowest BCUT2D eigenvalue weighted by molar-refractivity contribution is 0.156. The number of benzene rings is 1. The van der Waals surface area contributed by atoms with Crippen LogP contribution in [0, 0.1) is 11.8 Å². The normalized spacial score (nSPS) is 20.3. The van der Waals surface area contributed by atoms with E-state index in [1.165, 1.54) is 32.1 Å². The number of carbonyl (C=O) groups excluding carboxylic acids is 1. The van der Waals surface area contributed by atoms with Crippen molar-refractivity contribution in [3.8, 4) is 5.75 Å². The number of hydrogen-bond acceptors (Lipinski definition) is 3. The highest BCUT2D eigenvalue weighted by Crippen LogP contribution is 2.32. The van der Waals surface area contributed by atoms with Gasteiger partial charge in [-0.15, -0.1) is 0 Å². The average molecular weight is 367 g/mol. The Hall–Kier alpha value is -1.26. The van der Waals surface area contributed by atoms with Gasteiger partial charge in [-0.2, -0.15) is 0 Å². The summed E-state index contributed by atoms with van der Waals surface area (Å²) in [6.07, 6.45) is 7.29. The summed E-state index contributed by atoms with van der Waals surface area (Å²) in [6, 6.07) is 6.86. The van der Waals surface area contributed by atoms with Crippen LogP contribution in [0.2, 0.25) is 5.02 Å². The largest absolute Gasteiger partial charge is 0.414 e. The van der Waals surface area contributed by atoms with Crippen molar-refractivity contribution in [3.05, 3.63) is 29.3 Å². The Morgan fingerprint density at radius 3 is 2.36 bits per heavy atom. The van der Waals surface area contributed by atoms with Crippen LogP contribution in [0.1, 0.15) is 45.4 Å². The van der Waals surface area contributed by atoms with Crippen molar-refractivity contribution < 1.29 is 9.53 Å². The van der Waals surface area contributed by atoms with Crippen molar-refractivity contribution in [1.29, 1.82) is 0 Å². The molecule has 0 radical (unpaired) electrons. The quantitative estimate of drug-likeness (QED) is 0.660. The molecular formula is C20H31ClN2O2. The monoisotopic (exact) mass is 366 g/mol. The van der Waals surface area contributed by atoms with Crippen molar-refractivity contribution in [2.75, 3.05) is 26.7 Å². The number of amides is 1. The molecule has 0 heterocycles. The van der Waals surface area contributed by atoms with Gasteiger partial charge in [0.1, 0.15) is 5.75 Å². The Morgan fingerprint density at radius 1 is 1.16 bits per heavy atom. The molecule has 1 fully saturated rings. The maximum atomic E-state index is 12.1. The van der Waals surface area contributed by atoms with E-state index in [9.17, 15) is 4.79 Å². The number of nitrogens with zero attached hydrogens (tertiary/aromatic N) is 1. The SMILES string of the molecule is CCNCCC1CCC(CCN(C)C(=O)Oc2ccc(Cl)cc2)CC1. The third-order valence-corrected chi connectivity index (χ3v) is 5.40. The molecule has 1 aromatic carbocycles. The molecule has 0 aromatic heterocycles. The molecule has 0 atom stereocenters. The van der Waals surface area contributed by atoms with E-state index in [1.54, 1.807) is 36.2 Å². The fraction of sp³-hybridized carbons (Fsp3) is 0.650. The van der Waals surface area contributed by atoms with Crippen LogP contribution in [0.25, 0.3) is 0 Å². The number of hydrogen-bond donors (Lipinski definition) is 1. The molecule has 2 rings (SSSR count). The lowest BCUT2D eigenvalue weighted by Crippen LogP contribution is -2.32. The van der Waals surface area contributed by atoms with Gasteiger partial charge in [-0.25, -0.2) is 4.79 Å². The number of nitrogens with one attached hydrogen (secondary N) is 1. The summed E-state index contributed by atoms with van der Waals surface area (Å²) in [6.45, 7) is 5.11. The minimum Gasteiger partial charge on any atom is -0.410 e. The minimum absolute atomic E-state index is 0.304. The highest BCUT2D eigenvalue weighted by molar-refractivity contribution is 6.30. The van der Waals surface area contributed by atoms with E-state index in [0.29, 0.717) is 10.8 Å². The molecule has 1 aliphatic rings. The van der Waals surface area contributed by atoms with E-state index in [0.717, 1.165) is 37.9 Å². The van der Waals surface area contributed by atoms with Gasteiger partial charge in [-0.1, -0.05) is 44.2 Å². The van der Waals surface area contributed by atoms with E-state index < -0.39 is 0 Å². The van der Waals surface area contributed by atoms with Crippen molar-refractivity contribution >= 4 is 17.7 Å². The van der Waals surface area contributed by atoms with Gasteiger partial charge in [0.25, 0.3) is 0 Å². The third kappa shape index (κ3) is 7.25. The molecule has 0 aliphatic heterocycles. The molecule has 0 unspecified atom stereocenters. The van der Waals surface area contributed by atoms with Gasteiger partial charge in [0, 0.05) is 18.6 Å². The maximum absolute atomic E-state index is 12.1. The smallest absolute Gasteiger partial charge is 0.410 e. The topological polar surface area (TPSA) is 41.6 Å².